The van der Waals surface area contributed by atoms with Crippen LogP contribution in [0, 0.1) is 0 Å². The molecule has 5 heteroatoms. The molecule has 1 atom stereocenters. The standard InChI is InChI=1S/C13H17NO4/c1-4-18-13(16)12(15)14-9(2)10-5-7-11(17-3)8-6-10/h5-9H,4H2,1-3H3,(H,14,15). The summed E-state index contributed by atoms with van der Waals surface area (Å²) < 4.78 is 9.64. The van der Waals surface area contributed by atoms with Crippen LogP contribution in [0.15, 0.2) is 24.3 Å². The lowest BCUT2D eigenvalue weighted by atomic mass is 10.1. The topological polar surface area (TPSA) is 64.6 Å². The Kier molecular flexibility index (Phi) is 5.17. The molecular formula is C13H17NO4. The van der Waals surface area contributed by atoms with Crippen LogP contribution in [0.1, 0.15) is 25.5 Å². The molecule has 5 nitrogen and oxygen atoms in total. The van der Waals surface area contributed by atoms with Gasteiger partial charge in [0.15, 0.2) is 0 Å². The van der Waals surface area contributed by atoms with E-state index in [0.717, 1.165) is 11.3 Å². The minimum Gasteiger partial charge on any atom is -0.497 e. The second-order valence-corrected chi connectivity index (χ2v) is 3.69. The van der Waals surface area contributed by atoms with Gasteiger partial charge in [0.05, 0.1) is 19.8 Å². The lowest BCUT2D eigenvalue weighted by Crippen LogP contribution is -2.34. The van der Waals surface area contributed by atoms with E-state index in [2.05, 4.69) is 10.1 Å². The van der Waals surface area contributed by atoms with Crippen LogP contribution < -0.4 is 10.1 Å². The smallest absolute Gasteiger partial charge is 0.396 e. The Morgan fingerprint density at radius 1 is 1.28 bits per heavy atom. The maximum atomic E-state index is 11.4. The summed E-state index contributed by atoms with van der Waals surface area (Å²) >= 11 is 0. The summed E-state index contributed by atoms with van der Waals surface area (Å²) in [6.07, 6.45) is 0. The van der Waals surface area contributed by atoms with Gasteiger partial charge in [-0.1, -0.05) is 12.1 Å². The van der Waals surface area contributed by atoms with Gasteiger partial charge in [0.2, 0.25) is 0 Å². The molecule has 0 bridgehead atoms. The number of carbonyl (C=O) groups is 2. The molecule has 1 N–H and O–H groups in total. The van der Waals surface area contributed by atoms with Crippen molar-refractivity contribution < 1.29 is 19.1 Å². The van der Waals surface area contributed by atoms with Crippen molar-refractivity contribution >= 4 is 11.9 Å². The third-order valence-electron chi connectivity index (χ3n) is 2.42. The second kappa shape index (κ2) is 6.64. The molecule has 0 heterocycles. The molecule has 0 aliphatic heterocycles. The Hall–Kier alpha value is -2.04. The Bertz CT molecular complexity index is 414. The van der Waals surface area contributed by atoms with Gasteiger partial charge in [0.25, 0.3) is 0 Å². The Morgan fingerprint density at radius 3 is 2.39 bits per heavy atom. The number of hydrogen-bond acceptors (Lipinski definition) is 4. The molecular weight excluding hydrogens is 234 g/mol. The van der Waals surface area contributed by atoms with Crippen LogP contribution in [0.25, 0.3) is 0 Å². The predicted octanol–water partition coefficient (Wildman–Crippen LogP) is 1.44. The van der Waals surface area contributed by atoms with Crippen molar-refractivity contribution in [3.63, 3.8) is 0 Å². The van der Waals surface area contributed by atoms with Crippen LogP contribution in [0.5, 0.6) is 5.75 Å². The summed E-state index contributed by atoms with van der Waals surface area (Å²) in [6.45, 7) is 3.63. The molecule has 1 aromatic carbocycles. The first-order chi connectivity index (χ1) is 8.58. The summed E-state index contributed by atoms with van der Waals surface area (Å²) in [6, 6.07) is 6.97. The van der Waals surface area contributed by atoms with Crippen molar-refractivity contribution in [3.05, 3.63) is 29.8 Å². The number of carbonyl (C=O) groups excluding carboxylic acids is 2. The van der Waals surface area contributed by atoms with Crippen molar-refractivity contribution in [1.29, 1.82) is 0 Å². The highest BCUT2D eigenvalue weighted by Gasteiger charge is 2.17. The zero-order valence-electron chi connectivity index (χ0n) is 10.7. The van der Waals surface area contributed by atoms with Crippen LogP contribution in [-0.2, 0) is 14.3 Å². The summed E-state index contributed by atoms with van der Waals surface area (Å²) in [4.78, 5) is 22.6. The molecule has 98 valence electrons. The van der Waals surface area contributed by atoms with Gasteiger partial charge in [-0.05, 0) is 31.5 Å². The molecule has 0 saturated carbocycles. The molecule has 1 unspecified atom stereocenters. The number of ether oxygens (including phenoxy) is 2. The molecule has 0 aromatic heterocycles. The predicted molar refractivity (Wildman–Crippen MR) is 66.2 cm³/mol. The Morgan fingerprint density at radius 2 is 1.89 bits per heavy atom. The third kappa shape index (κ3) is 3.76. The number of benzene rings is 1. The number of hydrogen-bond donors (Lipinski definition) is 1. The van der Waals surface area contributed by atoms with Gasteiger partial charge in [-0.3, -0.25) is 4.79 Å². The highest BCUT2D eigenvalue weighted by molar-refractivity contribution is 6.32. The van der Waals surface area contributed by atoms with Gasteiger partial charge < -0.3 is 14.8 Å². The van der Waals surface area contributed by atoms with Gasteiger partial charge in [0, 0.05) is 0 Å². The highest BCUT2D eigenvalue weighted by atomic mass is 16.5. The number of amides is 1. The van der Waals surface area contributed by atoms with E-state index in [1.807, 2.05) is 12.1 Å². The zero-order valence-corrected chi connectivity index (χ0v) is 10.7. The van der Waals surface area contributed by atoms with E-state index in [1.165, 1.54) is 0 Å². The molecule has 0 saturated heterocycles. The largest absolute Gasteiger partial charge is 0.497 e. The average molecular weight is 251 g/mol. The third-order valence-corrected chi connectivity index (χ3v) is 2.42. The van der Waals surface area contributed by atoms with Crippen LogP contribution in [-0.4, -0.2) is 25.6 Å². The Balaban J connectivity index is 2.61. The fraction of sp³-hybridized carbons (Fsp3) is 0.385. The van der Waals surface area contributed by atoms with E-state index in [0.29, 0.717) is 0 Å². The molecule has 0 aliphatic carbocycles. The van der Waals surface area contributed by atoms with Crippen molar-refractivity contribution in [3.8, 4) is 5.75 Å². The van der Waals surface area contributed by atoms with E-state index < -0.39 is 11.9 Å². The fourth-order valence-electron chi connectivity index (χ4n) is 1.43. The van der Waals surface area contributed by atoms with Crippen molar-refractivity contribution in [2.45, 2.75) is 19.9 Å². The minimum absolute atomic E-state index is 0.184. The van der Waals surface area contributed by atoms with Crippen molar-refractivity contribution in [2.75, 3.05) is 13.7 Å². The minimum atomic E-state index is -0.863. The van der Waals surface area contributed by atoms with Crippen LogP contribution in [0.4, 0.5) is 0 Å². The monoisotopic (exact) mass is 251 g/mol. The van der Waals surface area contributed by atoms with Gasteiger partial charge in [-0.25, -0.2) is 4.79 Å². The molecule has 1 aromatic rings. The van der Waals surface area contributed by atoms with Gasteiger partial charge in [-0.2, -0.15) is 0 Å². The maximum absolute atomic E-state index is 11.4. The molecule has 0 radical (unpaired) electrons. The summed E-state index contributed by atoms with van der Waals surface area (Å²) in [5.74, 6) is -0.860. The van der Waals surface area contributed by atoms with E-state index in [-0.39, 0.29) is 12.6 Å². The number of esters is 1. The maximum Gasteiger partial charge on any atom is 0.396 e. The highest BCUT2D eigenvalue weighted by Crippen LogP contribution is 2.17. The first kappa shape index (κ1) is 14.0. The molecule has 18 heavy (non-hydrogen) atoms. The molecule has 1 amide bonds. The summed E-state index contributed by atoms with van der Waals surface area (Å²) in [7, 11) is 1.58. The first-order valence-corrected chi connectivity index (χ1v) is 5.70. The summed E-state index contributed by atoms with van der Waals surface area (Å²) in [5.41, 5.74) is 0.883. The molecule has 0 spiro atoms. The van der Waals surface area contributed by atoms with Crippen LogP contribution >= 0.6 is 0 Å². The SMILES string of the molecule is CCOC(=O)C(=O)NC(C)c1ccc(OC)cc1. The fourth-order valence-corrected chi connectivity index (χ4v) is 1.43. The quantitative estimate of drug-likeness (QED) is 0.649. The summed E-state index contributed by atoms with van der Waals surface area (Å²) in [5, 5.41) is 2.56. The lowest BCUT2D eigenvalue weighted by molar-refractivity contribution is -0.154. The van der Waals surface area contributed by atoms with E-state index in [4.69, 9.17) is 4.74 Å². The lowest BCUT2D eigenvalue weighted by Gasteiger charge is -2.13. The van der Waals surface area contributed by atoms with E-state index in [1.54, 1.807) is 33.1 Å². The number of nitrogens with one attached hydrogen (secondary N) is 1. The Labute approximate surface area is 106 Å². The number of rotatable bonds is 4. The van der Waals surface area contributed by atoms with E-state index in [9.17, 15) is 9.59 Å². The van der Waals surface area contributed by atoms with Gasteiger partial charge in [-0.15, -0.1) is 0 Å². The second-order valence-electron chi connectivity index (χ2n) is 3.69. The van der Waals surface area contributed by atoms with Crippen molar-refractivity contribution in [1.82, 2.24) is 5.32 Å². The van der Waals surface area contributed by atoms with Crippen molar-refractivity contribution in [2.24, 2.45) is 0 Å². The van der Waals surface area contributed by atoms with Crippen LogP contribution in [0.2, 0.25) is 0 Å². The van der Waals surface area contributed by atoms with Gasteiger partial charge >= 0.3 is 11.9 Å². The van der Waals surface area contributed by atoms with E-state index >= 15 is 0 Å². The molecule has 0 fully saturated rings. The molecule has 1 rings (SSSR count). The normalized spacial score (nSPS) is 11.5. The molecule has 0 aliphatic rings. The first-order valence-electron chi connectivity index (χ1n) is 5.70. The van der Waals surface area contributed by atoms with Crippen LogP contribution in [0.3, 0.4) is 0 Å². The van der Waals surface area contributed by atoms with Gasteiger partial charge in [0.1, 0.15) is 5.75 Å². The average Bonchev–Trinajstić information content (AvgIpc) is 2.39. The number of methoxy groups -OCH3 is 1. The zero-order chi connectivity index (χ0) is 13.5.